The fraction of sp³-hybridized carbons (Fsp3) is 0.556. The summed E-state index contributed by atoms with van der Waals surface area (Å²) >= 11 is 0. The van der Waals surface area contributed by atoms with E-state index in [4.69, 9.17) is 5.73 Å². The summed E-state index contributed by atoms with van der Waals surface area (Å²) in [5.41, 5.74) is 4.94. The number of rotatable bonds is 7. The number of carbonyl (C=O) groups excluding carboxylic acids is 2. The van der Waals surface area contributed by atoms with E-state index in [0.717, 1.165) is 0 Å². The van der Waals surface area contributed by atoms with Crippen LogP contribution in [-0.2, 0) is 9.59 Å². The van der Waals surface area contributed by atoms with Crippen LogP contribution in [0.5, 0.6) is 0 Å². The summed E-state index contributed by atoms with van der Waals surface area (Å²) < 4.78 is 0. The van der Waals surface area contributed by atoms with E-state index < -0.39 is 0 Å². The van der Waals surface area contributed by atoms with Crippen molar-refractivity contribution in [1.29, 1.82) is 0 Å². The van der Waals surface area contributed by atoms with Crippen molar-refractivity contribution in [3.05, 3.63) is 12.7 Å². The van der Waals surface area contributed by atoms with E-state index in [-0.39, 0.29) is 11.8 Å². The van der Waals surface area contributed by atoms with Crippen molar-refractivity contribution >= 4 is 11.8 Å². The number of carbonyl (C=O) groups is 2. The normalized spacial score (nSPS) is 9.23. The minimum atomic E-state index is -0.313. The molecule has 0 aliphatic carbocycles. The zero-order valence-electron chi connectivity index (χ0n) is 7.71. The fourth-order valence-corrected chi connectivity index (χ4v) is 0.859. The molecule has 0 aliphatic rings. The Kier molecular flexibility index (Phi) is 6.59. The first-order valence-electron chi connectivity index (χ1n) is 4.32. The van der Waals surface area contributed by atoms with Crippen LogP contribution in [0.3, 0.4) is 0 Å². The largest absolute Gasteiger partial charge is 0.370 e. The minimum Gasteiger partial charge on any atom is -0.370 e. The molecule has 0 spiro atoms. The van der Waals surface area contributed by atoms with Gasteiger partial charge in [0.15, 0.2) is 0 Å². The third-order valence-corrected chi connectivity index (χ3v) is 1.52. The van der Waals surface area contributed by atoms with Crippen molar-refractivity contribution in [1.82, 2.24) is 5.32 Å². The zero-order valence-corrected chi connectivity index (χ0v) is 7.71. The van der Waals surface area contributed by atoms with E-state index in [2.05, 4.69) is 11.9 Å². The molecule has 0 aliphatic heterocycles. The highest BCUT2D eigenvalue weighted by Crippen LogP contribution is 1.98. The Bertz CT molecular complexity index is 190. The first kappa shape index (κ1) is 11.7. The van der Waals surface area contributed by atoms with Gasteiger partial charge in [0.1, 0.15) is 0 Å². The van der Waals surface area contributed by atoms with Crippen molar-refractivity contribution < 1.29 is 9.59 Å². The summed E-state index contributed by atoms with van der Waals surface area (Å²) in [7, 11) is 0. The molecule has 4 nitrogen and oxygen atoms in total. The number of primary amides is 1. The van der Waals surface area contributed by atoms with Crippen LogP contribution in [0.1, 0.15) is 25.7 Å². The third kappa shape index (κ3) is 8.59. The standard InChI is InChI=1S/C9H16N2O2/c1-2-7-11-9(13)6-4-3-5-8(10)12/h2H,1,3-7H2,(H2,10,12)(H,11,13). The monoisotopic (exact) mass is 184 g/mol. The third-order valence-electron chi connectivity index (χ3n) is 1.52. The Morgan fingerprint density at radius 2 is 1.92 bits per heavy atom. The van der Waals surface area contributed by atoms with Gasteiger partial charge in [-0.25, -0.2) is 0 Å². The Hall–Kier alpha value is -1.32. The van der Waals surface area contributed by atoms with Crippen molar-refractivity contribution in [2.75, 3.05) is 6.54 Å². The quantitative estimate of drug-likeness (QED) is 0.442. The molecule has 0 radical (unpaired) electrons. The van der Waals surface area contributed by atoms with Crippen LogP contribution < -0.4 is 11.1 Å². The topological polar surface area (TPSA) is 72.2 Å². The van der Waals surface area contributed by atoms with Gasteiger partial charge in [-0.1, -0.05) is 6.08 Å². The molecule has 3 N–H and O–H groups in total. The molecule has 13 heavy (non-hydrogen) atoms. The molecule has 0 heterocycles. The van der Waals surface area contributed by atoms with Crippen LogP contribution in [0.25, 0.3) is 0 Å². The van der Waals surface area contributed by atoms with Crippen LogP contribution in [0.4, 0.5) is 0 Å². The number of unbranched alkanes of at least 4 members (excludes halogenated alkanes) is 1. The number of nitrogens with one attached hydrogen (secondary N) is 1. The molecule has 0 saturated heterocycles. The lowest BCUT2D eigenvalue weighted by Gasteiger charge is -2.00. The van der Waals surface area contributed by atoms with Gasteiger partial charge in [0.05, 0.1) is 0 Å². The maximum Gasteiger partial charge on any atom is 0.220 e. The SMILES string of the molecule is C=CCNC(=O)CCCCC(N)=O. The second kappa shape index (κ2) is 7.34. The van der Waals surface area contributed by atoms with E-state index in [1.165, 1.54) is 0 Å². The molecule has 0 aromatic heterocycles. The number of hydrogen-bond donors (Lipinski definition) is 2. The Labute approximate surface area is 78.2 Å². The number of nitrogens with two attached hydrogens (primary N) is 1. The van der Waals surface area contributed by atoms with Crippen molar-refractivity contribution in [3.63, 3.8) is 0 Å². The molecular weight excluding hydrogens is 168 g/mol. The van der Waals surface area contributed by atoms with Gasteiger partial charge in [-0.3, -0.25) is 9.59 Å². The second-order valence-electron chi connectivity index (χ2n) is 2.77. The predicted octanol–water partition coefficient (Wildman–Crippen LogP) is 0.334. The zero-order chi connectivity index (χ0) is 10.1. The van der Waals surface area contributed by atoms with Gasteiger partial charge in [0, 0.05) is 19.4 Å². The average molecular weight is 184 g/mol. The van der Waals surface area contributed by atoms with Crippen molar-refractivity contribution in [3.8, 4) is 0 Å². The van der Waals surface area contributed by atoms with Gasteiger partial charge in [-0.15, -0.1) is 6.58 Å². The lowest BCUT2D eigenvalue weighted by molar-refractivity contribution is -0.121. The van der Waals surface area contributed by atoms with E-state index in [9.17, 15) is 9.59 Å². The maximum atomic E-state index is 11.0. The maximum absolute atomic E-state index is 11.0. The Balaban J connectivity index is 3.26. The van der Waals surface area contributed by atoms with Crippen LogP contribution in [0.15, 0.2) is 12.7 Å². The fourth-order valence-electron chi connectivity index (χ4n) is 0.859. The average Bonchev–Trinajstić information content (AvgIpc) is 2.08. The summed E-state index contributed by atoms with van der Waals surface area (Å²) in [6.45, 7) is 3.97. The molecule has 2 amide bonds. The summed E-state index contributed by atoms with van der Waals surface area (Å²) in [5, 5.41) is 2.65. The molecule has 0 atom stereocenters. The predicted molar refractivity (Wildman–Crippen MR) is 50.9 cm³/mol. The van der Waals surface area contributed by atoms with Crippen LogP contribution in [0.2, 0.25) is 0 Å². The van der Waals surface area contributed by atoms with Crippen molar-refractivity contribution in [2.24, 2.45) is 5.73 Å². The highest BCUT2D eigenvalue weighted by Gasteiger charge is 2.00. The van der Waals surface area contributed by atoms with Gasteiger partial charge in [0.2, 0.25) is 11.8 Å². The summed E-state index contributed by atoms with van der Waals surface area (Å²) in [4.78, 5) is 21.3. The van der Waals surface area contributed by atoms with Gasteiger partial charge >= 0.3 is 0 Å². The molecule has 0 saturated carbocycles. The van der Waals surface area contributed by atoms with E-state index in [1.54, 1.807) is 6.08 Å². The molecule has 0 bridgehead atoms. The first-order chi connectivity index (χ1) is 6.16. The molecular formula is C9H16N2O2. The molecule has 0 rings (SSSR count). The summed E-state index contributed by atoms with van der Waals surface area (Å²) in [5.74, 6) is -0.323. The second-order valence-corrected chi connectivity index (χ2v) is 2.77. The van der Waals surface area contributed by atoms with Gasteiger partial charge < -0.3 is 11.1 Å². The van der Waals surface area contributed by atoms with Gasteiger partial charge in [0.25, 0.3) is 0 Å². The van der Waals surface area contributed by atoms with Crippen molar-refractivity contribution in [2.45, 2.75) is 25.7 Å². The summed E-state index contributed by atoms with van der Waals surface area (Å²) in [6, 6.07) is 0. The van der Waals surface area contributed by atoms with Gasteiger partial charge in [-0.2, -0.15) is 0 Å². The van der Waals surface area contributed by atoms with E-state index >= 15 is 0 Å². The Morgan fingerprint density at radius 3 is 2.46 bits per heavy atom. The van der Waals surface area contributed by atoms with Gasteiger partial charge in [-0.05, 0) is 12.8 Å². The highest BCUT2D eigenvalue weighted by molar-refractivity contribution is 5.76. The first-order valence-corrected chi connectivity index (χ1v) is 4.32. The molecule has 0 aromatic rings. The molecule has 74 valence electrons. The smallest absolute Gasteiger partial charge is 0.220 e. The lowest BCUT2D eigenvalue weighted by atomic mass is 10.2. The Morgan fingerprint density at radius 1 is 1.31 bits per heavy atom. The van der Waals surface area contributed by atoms with E-state index in [0.29, 0.717) is 32.2 Å². The molecule has 4 heteroatoms. The lowest BCUT2D eigenvalue weighted by Crippen LogP contribution is -2.22. The molecule has 0 unspecified atom stereocenters. The van der Waals surface area contributed by atoms with Crippen LogP contribution in [-0.4, -0.2) is 18.4 Å². The molecule has 0 fully saturated rings. The highest BCUT2D eigenvalue weighted by atomic mass is 16.1. The molecule has 0 aromatic carbocycles. The number of hydrogen-bond acceptors (Lipinski definition) is 2. The van der Waals surface area contributed by atoms with Crippen LogP contribution in [0, 0.1) is 0 Å². The van der Waals surface area contributed by atoms with E-state index in [1.807, 2.05) is 0 Å². The summed E-state index contributed by atoms with van der Waals surface area (Å²) in [6.07, 6.45) is 3.81. The minimum absolute atomic E-state index is 0.00984. The van der Waals surface area contributed by atoms with Crippen LogP contribution >= 0.6 is 0 Å². The number of amides is 2.